The summed E-state index contributed by atoms with van der Waals surface area (Å²) in [6, 6.07) is 18.0. The standard InChI is InChI=1S/C22H23N3O2/c26-19(15-25-12-10-16-5-1-2-7-18(16)14-25)13-24-22(27)21-20-8-4-3-6-17(20)9-11-23-21/h1-9,11,19,26H,10,12-15H2,(H,24,27). The number of carbonyl (C=O) groups is 1. The van der Waals surface area contributed by atoms with Crippen molar-refractivity contribution >= 4 is 16.7 Å². The fraction of sp³-hybridized carbons (Fsp3) is 0.273. The minimum atomic E-state index is -0.616. The van der Waals surface area contributed by atoms with Crippen molar-refractivity contribution in [3.63, 3.8) is 0 Å². The van der Waals surface area contributed by atoms with Crippen LogP contribution in [-0.4, -0.2) is 46.6 Å². The molecule has 0 radical (unpaired) electrons. The van der Waals surface area contributed by atoms with Crippen LogP contribution in [0.15, 0.2) is 60.8 Å². The molecular formula is C22H23N3O2. The summed E-state index contributed by atoms with van der Waals surface area (Å²) in [5.74, 6) is -0.255. The number of rotatable bonds is 5. The second kappa shape index (κ2) is 7.86. The number of aliphatic hydroxyl groups is 1. The summed E-state index contributed by atoms with van der Waals surface area (Å²) in [5.41, 5.74) is 3.10. The molecule has 0 aliphatic carbocycles. The van der Waals surface area contributed by atoms with E-state index in [0.29, 0.717) is 12.2 Å². The fourth-order valence-corrected chi connectivity index (χ4v) is 3.67. The molecule has 138 valence electrons. The monoisotopic (exact) mass is 361 g/mol. The van der Waals surface area contributed by atoms with Gasteiger partial charge in [0.1, 0.15) is 5.69 Å². The molecule has 1 aliphatic rings. The smallest absolute Gasteiger partial charge is 0.270 e. The number of amides is 1. The summed E-state index contributed by atoms with van der Waals surface area (Å²) in [5, 5.41) is 15.0. The molecule has 2 N–H and O–H groups in total. The molecule has 4 rings (SSSR count). The molecule has 5 nitrogen and oxygen atoms in total. The van der Waals surface area contributed by atoms with E-state index in [-0.39, 0.29) is 12.5 Å². The van der Waals surface area contributed by atoms with Gasteiger partial charge in [-0.15, -0.1) is 0 Å². The number of carbonyl (C=O) groups excluding carboxylic acids is 1. The van der Waals surface area contributed by atoms with Crippen molar-refractivity contribution in [3.8, 4) is 0 Å². The third-order valence-corrected chi connectivity index (χ3v) is 5.07. The third kappa shape index (κ3) is 3.99. The lowest BCUT2D eigenvalue weighted by Gasteiger charge is -2.30. The first-order valence-corrected chi connectivity index (χ1v) is 9.30. The van der Waals surface area contributed by atoms with Gasteiger partial charge in [-0.25, -0.2) is 0 Å². The number of hydrogen-bond acceptors (Lipinski definition) is 4. The molecule has 2 aromatic carbocycles. The Balaban J connectivity index is 1.34. The quantitative estimate of drug-likeness (QED) is 0.732. The SMILES string of the molecule is O=C(NCC(O)CN1CCc2ccccc2C1)c1nccc2ccccc12. The Morgan fingerprint density at radius 3 is 2.78 bits per heavy atom. The molecule has 27 heavy (non-hydrogen) atoms. The lowest BCUT2D eigenvalue weighted by molar-refractivity contribution is 0.0839. The van der Waals surface area contributed by atoms with Crippen LogP contribution in [-0.2, 0) is 13.0 Å². The van der Waals surface area contributed by atoms with Gasteiger partial charge in [0.15, 0.2) is 0 Å². The normalized spacial score (nSPS) is 15.3. The van der Waals surface area contributed by atoms with Crippen LogP contribution in [0.4, 0.5) is 0 Å². The van der Waals surface area contributed by atoms with Crippen LogP contribution < -0.4 is 5.32 Å². The van der Waals surface area contributed by atoms with Crippen molar-refractivity contribution < 1.29 is 9.90 Å². The molecular weight excluding hydrogens is 338 g/mol. The number of aliphatic hydroxyl groups excluding tert-OH is 1. The van der Waals surface area contributed by atoms with Crippen LogP contribution in [0.1, 0.15) is 21.6 Å². The van der Waals surface area contributed by atoms with E-state index < -0.39 is 6.10 Å². The highest BCUT2D eigenvalue weighted by molar-refractivity contribution is 6.05. The maximum Gasteiger partial charge on any atom is 0.270 e. The molecule has 3 aromatic rings. The number of nitrogens with one attached hydrogen (secondary N) is 1. The number of aromatic nitrogens is 1. The maximum absolute atomic E-state index is 12.5. The van der Waals surface area contributed by atoms with Crippen molar-refractivity contribution in [2.24, 2.45) is 0 Å². The number of pyridine rings is 1. The van der Waals surface area contributed by atoms with Gasteiger partial charge in [-0.3, -0.25) is 14.7 Å². The molecule has 0 saturated carbocycles. The summed E-state index contributed by atoms with van der Waals surface area (Å²) in [7, 11) is 0. The summed E-state index contributed by atoms with van der Waals surface area (Å²) in [4.78, 5) is 19.0. The average molecular weight is 361 g/mol. The zero-order valence-electron chi connectivity index (χ0n) is 15.1. The van der Waals surface area contributed by atoms with Crippen LogP contribution >= 0.6 is 0 Å². The van der Waals surface area contributed by atoms with Gasteiger partial charge in [-0.2, -0.15) is 0 Å². The zero-order chi connectivity index (χ0) is 18.6. The van der Waals surface area contributed by atoms with Crippen molar-refractivity contribution in [1.29, 1.82) is 0 Å². The van der Waals surface area contributed by atoms with E-state index in [1.54, 1.807) is 6.20 Å². The minimum Gasteiger partial charge on any atom is -0.390 e. The van der Waals surface area contributed by atoms with Crippen molar-refractivity contribution in [3.05, 3.63) is 77.6 Å². The van der Waals surface area contributed by atoms with Crippen LogP contribution in [0.25, 0.3) is 10.8 Å². The summed E-state index contributed by atoms with van der Waals surface area (Å²) >= 11 is 0. The second-order valence-corrected chi connectivity index (χ2v) is 7.00. The second-order valence-electron chi connectivity index (χ2n) is 7.00. The lowest BCUT2D eigenvalue weighted by Crippen LogP contribution is -2.42. The minimum absolute atomic E-state index is 0.210. The molecule has 1 atom stereocenters. The molecule has 0 spiro atoms. The Labute approximate surface area is 158 Å². The van der Waals surface area contributed by atoms with Crippen LogP contribution in [0, 0.1) is 0 Å². The number of fused-ring (bicyclic) bond motifs is 2. The molecule has 0 saturated heterocycles. The first-order chi connectivity index (χ1) is 13.2. The van der Waals surface area contributed by atoms with E-state index in [9.17, 15) is 9.90 Å². The predicted octanol–water partition coefficient (Wildman–Crippen LogP) is 2.38. The van der Waals surface area contributed by atoms with Gasteiger partial charge in [0.2, 0.25) is 0 Å². The van der Waals surface area contributed by atoms with E-state index in [1.165, 1.54) is 11.1 Å². The summed E-state index contributed by atoms with van der Waals surface area (Å²) < 4.78 is 0. The van der Waals surface area contributed by atoms with E-state index in [4.69, 9.17) is 0 Å². The Morgan fingerprint density at radius 1 is 1.11 bits per heavy atom. The third-order valence-electron chi connectivity index (χ3n) is 5.07. The van der Waals surface area contributed by atoms with Crippen LogP contribution in [0.3, 0.4) is 0 Å². The van der Waals surface area contributed by atoms with Gasteiger partial charge in [-0.1, -0.05) is 48.5 Å². The van der Waals surface area contributed by atoms with Gasteiger partial charge < -0.3 is 10.4 Å². The average Bonchev–Trinajstić information content (AvgIpc) is 2.71. The highest BCUT2D eigenvalue weighted by atomic mass is 16.3. The number of benzene rings is 2. The van der Waals surface area contributed by atoms with Gasteiger partial charge >= 0.3 is 0 Å². The van der Waals surface area contributed by atoms with Crippen molar-refractivity contribution in [1.82, 2.24) is 15.2 Å². The first-order valence-electron chi connectivity index (χ1n) is 9.30. The van der Waals surface area contributed by atoms with Gasteiger partial charge in [-0.05, 0) is 29.0 Å². The zero-order valence-corrected chi connectivity index (χ0v) is 15.1. The number of β-amino-alcohol motifs (C(OH)–C–C–N with tert-alkyl or cyclic N) is 1. The van der Waals surface area contributed by atoms with E-state index in [1.807, 2.05) is 30.3 Å². The van der Waals surface area contributed by atoms with Gasteiger partial charge in [0, 0.05) is 37.8 Å². The molecule has 1 amide bonds. The maximum atomic E-state index is 12.5. The summed E-state index contributed by atoms with van der Waals surface area (Å²) in [6.07, 6.45) is 2.02. The van der Waals surface area contributed by atoms with Crippen molar-refractivity contribution in [2.75, 3.05) is 19.6 Å². The molecule has 0 bridgehead atoms. The summed E-state index contributed by atoms with van der Waals surface area (Å²) in [6.45, 7) is 2.51. The molecule has 1 unspecified atom stereocenters. The molecule has 0 fully saturated rings. The molecule has 2 heterocycles. The topological polar surface area (TPSA) is 65.5 Å². The van der Waals surface area contributed by atoms with Gasteiger partial charge in [0.25, 0.3) is 5.91 Å². The molecule has 5 heteroatoms. The van der Waals surface area contributed by atoms with Crippen LogP contribution in [0.5, 0.6) is 0 Å². The fourth-order valence-electron chi connectivity index (χ4n) is 3.67. The highest BCUT2D eigenvalue weighted by Crippen LogP contribution is 2.19. The van der Waals surface area contributed by atoms with E-state index in [2.05, 4.69) is 39.5 Å². The van der Waals surface area contributed by atoms with Crippen molar-refractivity contribution in [2.45, 2.75) is 19.1 Å². The Bertz CT molecular complexity index is 952. The van der Waals surface area contributed by atoms with E-state index in [0.717, 1.165) is 30.3 Å². The predicted molar refractivity (Wildman–Crippen MR) is 106 cm³/mol. The van der Waals surface area contributed by atoms with Gasteiger partial charge in [0.05, 0.1) is 6.10 Å². The Kier molecular flexibility index (Phi) is 5.14. The first kappa shape index (κ1) is 17.6. The molecule has 1 aromatic heterocycles. The van der Waals surface area contributed by atoms with E-state index >= 15 is 0 Å². The number of hydrogen-bond donors (Lipinski definition) is 2. The Morgan fingerprint density at radius 2 is 1.89 bits per heavy atom. The van der Waals surface area contributed by atoms with Crippen LogP contribution in [0.2, 0.25) is 0 Å². The largest absolute Gasteiger partial charge is 0.390 e. The highest BCUT2D eigenvalue weighted by Gasteiger charge is 2.19. The molecule has 1 aliphatic heterocycles. The number of nitrogens with zero attached hydrogens (tertiary/aromatic N) is 2. The lowest BCUT2D eigenvalue weighted by atomic mass is 10.00. The Hall–Kier alpha value is -2.76.